The average Bonchev–Trinajstić information content (AvgIpc) is 3.21. The van der Waals surface area contributed by atoms with E-state index in [0.717, 1.165) is 16.8 Å². The first-order chi connectivity index (χ1) is 13.0. The summed E-state index contributed by atoms with van der Waals surface area (Å²) in [7, 11) is 0. The fraction of sp³-hybridized carbons (Fsp3) is 0.0526. The standard InChI is InChI=1S/C19H15N5O2S.ClH/c20-18(21)23-19-22-15(10-27-19)12-5-3-4-11(8-12)9-24-16(25)13-6-1-2-7-14(13)17(24)26;/h1-8,10H,9H2,(H4,20,21,22,23);1H. The van der Waals surface area contributed by atoms with Crippen molar-refractivity contribution >= 4 is 46.6 Å². The first-order valence-electron chi connectivity index (χ1n) is 8.14. The lowest BCUT2D eigenvalue weighted by Gasteiger charge is -2.14. The highest BCUT2D eigenvalue weighted by atomic mass is 35.5. The summed E-state index contributed by atoms with van der Waals surface area (Å²) in [6.07, 6.45) is 0. The van der Waals surface area contributed by atoms with Crippen LogP contribution in [0, 0.1) is 5.41 Å². The number of aromatic nitrogens is 1. The van der Waals surface area contributed by atoms with E-state index in [4.69, 9.17) is 11.1 Å². The van der Waals surface area contributed by atoms with Crippen molar-refractivity contribution < 1.29 is 9.59 Å². The van der Waals surface area contributed by atoms with Gasteiger partial charge in [0.1, 0.15) is 0 Å². The topological polar surface area (TPSA) is 112 Å². The van der Waals surface area contributed by atoms with E-state index in [0.29, 0.717) is 16.3 Å². The number of rotatable bonds is 4. The van der Waals surface area contributed by atoms with Crippen LogP contribution in [-0.4, -0.2) is 27.7 Å². The van der Waals surface area contributed by atoms with Crippen LogP contribution >= 0.6 is 23.7 Å². The molecule has 0 aliphatic carbocycles. The molecule has 0 saturated carbocycles. The Kier molecular flexibility index (Phi) is 5.43. The molecule has 0 saturated heterocycles. The fourth-order valence-electron chi connectivity index (χ4n) is 2.97. The molecule has 2 heterocycles. The summed E-state index contributed by atoms with van der Waals surface area (Å²) in [5, 5.41) is 12.3. The van der Waals surface area contributed by atoms with Crippen molar-refractivity contribution in [3.8, 4) is 11.3 Å². The number of hydrogen-bond acceptors (Lipinski definition) is 5. The molecular formula is C19H16ClN5O2S. The molecule has 1 aliphatic heterocycles. The van der Waals surface area contributed by atoms with Gasteiger partial charge >= 0.3 is 0 Å². The van der Waals surface area contributed by atoms with Gasteiger partial charge in [-0.2, -0.15) is 0 Å². The monoisotopic (exact) mass is 413 g/mol. The highest BCUT2D eigenvalue weighted by molar-refractivity contribution is 7.14. The second-order valence-corrected chi connectivity index (χ2v) is 6.88. The van der Waals surface area contributed by atoms with Gasteiger partial charge in [0.05, 0.1) is 23.4 Å². The zero-order chi connectivity index (χ0) is 19.0. The predicted molar refractivity (Wildman–Crippen MR) is 111 cm³/mol. The number of guanidine groups is 1. The number of nitrogens with zero attached hydrogens (tertiary/aromatic N) is 2. The van der Waals surface area contributed by atoms with E-state index < -0.39 is 0 Å². The molecule has 142 valence electrons. The molecule has 3 aromatic rings. The van der Waals surface area contributed by atoms with Gasteiger partial charge in [-0.15, -0.1) is 23.7 Å². The predicted octanol–water partition coefficient (Wildman–Crippen LogP) is 3.33. The van der Waals surface area contributed by atoms with E-state index in [-0.39, 0.29) is 36.7 Å². The Morgan fingerprint density at radius 3 is 2.43 bits per heavy atom. The number of benzene rings is 2. The Hall–Kier alpha value is -3.23. The van der Waals surface area contributed by atoms with E-state index in [9.17, 15) is 9.59 Å². The molecule has 9 heteroatoms. The molecule has 4 N–H and O–H groups in total. The van der Waals surface area contributed by atoms with Gasteiger partial charge in [0.2, 0.25) is 0 Å². The summed E-state index contributed by atoms with van der Waals surface area (Å²) in [5.74, 6) is -0.722. The first kappa shape index (κ1) is 19.5. The van der Waals surface area contributed by atoms with E-state index in [1.54, 1.807) is 24.3 Å². The van der Waals surface area contributed by atoms with Gasteiger partial charge in [-0.25, -0.2) is 4.98 Å². The molecule has 0 radical (unpaired) electrons. The molecular weight excluding hydrogens is 398 g/mol. The van der Waals surface area contributed by atoms with Crippen LogP contribution in [0.4, 0.5) is 5.13 Å². The van der Waals surface area contributed by atoms with E-state index in [1.165, 1.54) is 16.2 Å². The Morgan fingerprint density at radius 1 is 1.11 bits per heavy atom. The van der Waals surface area contributed by atoms with Gasteiger partial charge in [-0.1, -0.05) is 30.3 Å². The molecule has 0 spiro atoms. The zero-order valence-electron chi connectivity index (χ0n) is 14.5. The van der Waals surface area contributed by atoms with E-state index in [1.807, 2.05) is 29.6 Å². The Labute approximate surface area is 171 Å². The smallest absolute Gasteiger partial charge is 0.261 e. The summed E-state index contributed by atoms with van der Waals surface area (Å²) in [5.41, 5.74) is 8.62. The zero-order valence-corrected chi connectivity index (χ0v) is 16.1. The third-order valence-electron chi connectivity index (χ3n) is 4.19. The second-order valence-electron chi connectivity index (χ2n) is 6.02. The van der Waals surface area contributed by atoms with Crippen LogP contribution in [0.5, 0.6) is 0 Å². The number of thiazole rings is 1. The number of halogens is 1. The Morgan fingerprint density at radius 2 is 1.79 bits per heavy atom. The molecule has 0 atom stereocenters. The lowest BCUT2D eigenvalue weighted by atomic mass is 10.1. The van der Waals surface area contributed by atoms with Gasteiger partial charge < -0.3 is 11.1 Å². The van der Waals surface area contributed by atoms with Crippen LogP contribution in [0.1, 0.15) is 26.3 Å². The van der Waals surface area contributed by atoms with Gasteiger partial charge in [-0.3, -0.25) is 19.9 Å². The van der Waals surface area contributed by atoms with Gasteiger partial charge in [0.15, 0.2) is 11.1 Å². The third kappa shape index (κ3) is 3.60. The maximum atomic E-state index is 12.5. The molecule has 7 nitrogen and oxygen atoms in total. The van der Waals surface area contributed by atoms with E-state index >= 15 is 0 Å². The van der Waals surface area contributed by atoms with Crippen molar-refractivity contribution in [3.63, 3.8) is 0 Å². The van der Waals surface area contributed by atoms with Crippen molar-refractivity contribution in [2.45, 2.75) is 6.54 Å². The molecule has 2 amide bonds. The highest BCUT2D eigenvalue weighted by Crippen LogP contribution is 2.28. The van der Waals surface area contributed by atoms with Crippen LogP contribution in [0.3, 0.4) is 0 Å². The largest absolute Gasteiger partial charge is 0.370 e. The molecule has 1 aromatic heterocycles. The summed E-state index contributed by atoms with van der Waals surface area (Å²) >= 11 is 1.34. The average molecular weight is 414 g/mol. The lowest BCUT2D eigenvalue weighted by Crippen LogP contribution is -2.29. The number of anilines is 1. The van der Waals surface area contributed by atoms with Crippen molar-refractivity contribution in [2.75, 3.05) is 5.32 Å². The number of nitrogens with two attached hydrogens (primary N) is 1. The number of hydrogen-bond donors (Lipinski definition) is 3. The first-order valence-corrected chi connectivity index (χ1v) is 9.02. The number of carbonyl (C=O) groups is 2. The Bertz CT molecular complexity index is 1050. The molecule has 0 fully saturated rings. The summed E-state index contributed by atoms with van der Waals surface area (Å²) in [6.45, 7) is 0.197. The number of amides is 2. The minimum atomic E-state index is -0.275. The normalized spacial score (nSPS) is 12.5. The van der Waals surface area contributed by atoms with Crippen LogP contribution < -0.4 is 11.1 Å². The summed E-state index contributed by atoms with van der Waals surface area (Å²) < 4.78 is 0. The second kappa shape index (κ2) is 7.79. The molecule has 0 unspecified atom stereocenters. The highest BCUT2D eigenvalue weighted by Gasteiger charge is 2.34. The quantitative estimate of drug-likeness (QED) is 0.345. The number of imide groups is 1. The van der Waals surface area contributed by atoms with E-state index in [2.05, 4.69) is 10.3 Å². The van der Waals surface area contributed by atoms with Crippen molar-refractivity contribution in [1.82, 2.24) is 9.88 Å². The minimum absolute atomic E-state index is 0. The van der Waals surface area contributed by atoms with Gasteiger partial charge in [0, 0.05) is 10.9 Å². The molecule has 28 heavy (non-hydrogen) atoms. The maximum Gasteiger partial charge on any atom is 0.261 e. The van der Waals surface area contributed by atoms with Crippen molar-refractivity contribution in [2.24, 2.45) is 5.73 Å². The summed E-state index contributed by atoms with van der Waals surface area (Å²) in [6, 6.07) is 14.4. The summed E-state index contributed by atoms with van der Waals surface area (Å²) in [4.78, 5) is 30.7. The van der Waals surface area contributed by atoms with Crippen molar-refractivity contribution in [3.05, 3.63) is 70.6 Å². The molecule has 1 aliphatic rings. The SMILES string of the molecule is Cl.N=C(N)Nc1nc(-c2cccc(CN3C(=O)c4ccccc4C3=O)c2)cs1. The van der Waals surface area contributed by atoms with Crippen LogP contribution in [0.2, 0.25) is 0 Å². The molecule has 2 aromatic carbocycles. The van der Waals surface area contributed by atoms with Crippen LogP contribution in [0.15, 0.2) is 53.9 Å². The number of carbonyl (C=O) groups excluding carboxylic acids is 2. The lowest BCUT2D eigenvalue weighted by molar-refractivity contribution is 0.0642. The third-order valence-corrected chi connectivity index (χ3v) is 4.95. The minimum Gasteiger partial charge on any atom is -0.370 e. The maximum absolute atomic E-state index is 12.5. The van der Waals surface area contributed by atoms with Crippen molar-refractivity contribution in [1.29, 1.82) is 5.41 Å². The van der Waals surface area contributed by atoms with Gasteiger partial charge in [0.25, 0.3) is 11.8 Å². The molecule has 0 bridgehead atoms. The number of fused-ring (bicyclic) bond motifs is 1. The number of nitrogens with one attached hydrogen (secondary N) is 2. The fourth-order valence-corrected chi connectivity index (χ4v) is 3.71. The molecule has 4 rings (SSSR count). The van der Waals surface area contributed by atoms with Crippen LogP contribution in [-0.2, 0) is 6.54 Å². The van der Waals surface area contributed by atoms with Crippen LogP contribution in [0.25, 0.3) is 11.3 Å². The van der Waals surface area contributed by atoms with Gasteiger partial charge in [-0.05, 0) is 23.8 Å². The Balaban J connectivity index is 0.00000225.